The topological polar surface area (TPSA) is 107 Å². The number of carbonyl (C=O) groups is 1. The molecule has 0 saturated heterocycles. The van der Waals surface area contributed by atoms with E-state index >= 15 is 0 Å². The molecule has 0 aliphatic heterocycles. The van der Waals surface area contributed by atoms with E-state index in [1.54, 1.807) is 19.1 Å². The molecule has 29 heavy (non-hydrogen) atoms. The van der Waals surface area contributed by atoms with Gasteiger partial charge in [-0.1, -0.05) is 17.7 Å². The summed E-state index contributed by atoms with van der Waals surface area (Å²) in [4.78, 5) is 15.9. The van der Waals surface area contributed by atoms with Crippen LogP contribution in [0.4, 0.5) is 8.78 Å². The van der Waals surface area contributed by atoms with Gasteiger partial charge in [0.2, 0.25) is 11.5 Å². The smallest absolute Gasteiger partial charge is 0.285 e. The second-order valence-electron chi connectivity index (χ2n) is 6.18. The van der Waals surface area contributed by atoms with E-state index in [1.165, 1.54) is 30.6 Å². The minimum absolute atomic E-state index is 0.0899. The average molecular weight is 418 g/mol. The lowest BCUT2D eigenvalue weighted by molar-refractivity contribution is -0.120. The number of aryl methyl sites for hydroxylation is 1. The first-order chi connectivity index (χ1) is 13.7. The van der Waals surface area contributed by atoms with E-state index in [4.69, 9.17) is 5.73 Å². The predicted molar refractivity (Wildman–Crippen MR) is 99.8 cm³/mol. The fourth-order valence-electron chi connectivity index (χ4n) is 2.68. The number of hydrogen-bond donors (Lipinski definition) is 1. The molecule has 10 heteroatoms. The molecule has 0 bridgehead atoms. The second kappa shape index (κ2) is 7.92. The molecule has 150 valence electrons. The van der Waals surface area contributed by atoms with Crippen LogP contribution in [0, 0.1) is 18.6 Å². The molecule has 0 fully saturated rings. The van der Waals surface area contributed by atoms with Crippen molar-refractivity contribution >= 4 is 15.9 Å². The number of carbonyl (C=O) groups excluding carboxylic acids is 1. The zero-order valence-corrected chi connectivity index (χ0v) is 16.0. The largest absolute Gasteiger partial charge is 0.368 e. The van der Waals surface area contributed by atoms with Gasteiger partial charge in [0.25, 0.3) is 10.0 Å². The molecule has 1 atom stereocenters. The number of amides is 1. The van der Waals surface area contributed by atoms with Gasteiger partial charge >= 0.3 is 0 Å². The summed E-state index contributed by atoms with van der Waals surface area (Å²) in [5, 5.41) is 0. The van der Waals surface area contributed by atoms with Crippen LogP contribution in [0.25, 0.3) is 0 Å². The molecular formula is C19H16F2N4O3S. The van der Waals surface area contributed by atoms with Gasteiger partial charge in [-0.2, -0.15) is 8.42 Å². The first-order valence-electron chi connectivity index (χ1n) is 8.34. The third kappa shape index (κ3) is 4.37. The van der Waals surface area contributed by atoms with Crippen molar-refractivity contribution in [1.29, 1.82) is 0 Å². The molecule has 1 heterocycles. The van der Waals surface area contributed by atoms with Crippen molar-refractivity contribution in [2.75, 3.05) is 0 Å². The molecular weight excluding hydrogens is 402 g/mol. The van der Waals surface area contributed by atoms with Gasteiger partial charge in [0, 0.05) is 18.0 Å². The molecule has 7 nitrogen and oxygen atoms in total. The van der Waals surface area contributed by atoms with Crippen molar-refractivity contribution in [3.8, 4) is 0 Å². The van der Waals surface area contributed by atoms with Gasteiger partial charge in [0.05, 0.1) is 4.90 Å². The Kier molecular flexibility index (Phi) is 5.55. The Morgan fingerprint density at radius 1 is 1.17 bits per heavy atom. The Bertz CT molecular complexity index is 1240. The third-order valence-corrected chi connectivity index (χ3v) is 5.35. The maximum absolute atomic E-state index is 14.3. The van der Waals surface area contributed by atoms with E-state index in [-0.39, 0.29) is 10.5 Å². The average Bonchev–Trinajstić information content (AvgIpc) is 2.66. The van der Waals surface area contributed by atoms with Gasteiger partial charge in [-0.15, -0.1) is 4.40 Å². The summed E-state index contributed by atoms with van der Waals surface area (Å²) in [5.74, 6) is -2.72. The van der Waals surface area contributed by atoms with Crippen LogP contribution in [0.1, 0.15) is 17.2 Å². The number of nitrogens with zero attached hydrogens (tertiary/aromatic N) is 3. The maximum atomic E-state index is 14.3. The zero-order valence-electron chi connectivity index (χ0n) is 15.2. The lowest BCUT2D eigenvalue weighted by Crippen LogP contribution is -2.37. The molecule has 2 N–H and O–H groups in total. The highest BCUT2D eigenvalue weighted by Gasteiger charge is 2.25. The number of aromatic nitrogens is 2. The minimum Gasteiger partial charge on any atom is -0.368 e. The highest BCUT2D eigenvalue weighted by Crippen LogP contribution is 2.21. The maximum Gasteiger partial charge on any atom is 0.285 e. The molecule has 0 spiro atoms. The molecule has 2 aromatic carbocycles. The van der Waals surface area contributed by atoms with Gasteiger partial charge in [-0.05, 0) is 43.3 Å². The van der Waals surface area contributed by atoms with E-state index in [0.29, 0.717) is 0 Å². The molecule has 0 aliphatic carbocycles. The molecule has 3 aromatic rings. The Hall–Kier alpha value is -3.40. The van der Waals surface area contributed by atoms with E-state index in [2.05, 4.69) is 9.38 Å². The van der Waals surface area contributed by atoms with Gasteiger partial charge in [0.15, 0.2) is 0 Å². The Labute approximate surface area is 165 Å². The summed E-state index contributed by atoms with van der Waals surface area (Å²) in [7, 11) is -4.19. The summed E-state index contributed by atoms with van der Waals surface area (Å²) in [6, 6.07) is 8.31. The predicted octanol–water partition coefficient (Wildman–Crippen LogP) is 1.83. The summed E-state index contributed by atoms with van der Waals surface area (Å²) >= 11 is 0. The van der Waals surface area contributed by atoms with Crippen LogP contribution < -0.4 is 11.4 Å². The van der Waals surface area contributed by atoms with Crippen LogP contribution in [-0.2, 0) is 14.8 Å². The summed E-state index contributed by atoms with van der Waals surface area (Å²) in [6.07, 6.45) is 2.51. The lowest BCUT2D eigenvalue weighted by atomic mass is 10.1. The number of primary amides is 1. The fourth-order valence-corrected chi connectivity index (χ4v) is 3.62. The molecule has 0 aliphatic rings. The Morgan fingerprint density at radius 3 is 2.52 bits per heavy atom. The van der Waals surface area contributed by atoms with E-state index in [0.717, 1.165) is 28.3 Å². The van der Waals surface area contributed by atoms with Crippen LogP contribution in [0.5, 0.6) is 0 Å². The van der Waals surface area contributed by atoms with Crippen molar-refractivity contribution in [1.82, 2.24) is 9.55 Å². The zero-order chi connectivity index (χ0) is 21.2. The van der Waals surface area contributed by atoms with E-state index < -0.39 is 39.2 Å². The Balaban J connectivity index is 2.22. The van der Waals surface area contributed by atoms with Gasteiger partial charge < -0.3 is 5.73 Å². The number of sulfonamides is 1. The van der Waals surface area contributed by atoms with Crippen LogP contribution in [0.15, 0.2) is 70.2 Å². The Morgan fingerprint density at radius 2 is 1.86 bits per heavy atom. The third-order valence-electron chi connectivity index (χ3n) is 4.07. The van der Waals surface area contributed by atoms with Crippen LogP contribution >= 0.6 is 0 Å². The van der Waals surface area contributed by atoms with Crippen LogP contribution in [0.2, 0.25) is 0 Å². The summed E-state index contributed by atoms with van der Waals surface area (Å²) in [6.45, 7) is 1.80. The highest BCUT2D eigenvalue weighted by atomic mass is 32.2. The van der Waals surface area contributed by atoms with E-state index in [9.17, 15) is 22.0 Å². The number of rotatable bonds is 5. The van der Waals surface area contributed by atoms with Gasteiger partial charge in [-0.25, -0.2) is 13.8 Å². The molecule has 3 rings (SSSR count). The number of hydrogen-bond acceptors (Lipinski definition) is 4. The minimum atomic E-state index is -4.19. The number of benzene rings is 2. The second-order valence-corrected chi connectivity index (χ2v) is 7.78. The summed E-state index contributed by atoms with van der Waals surface area (Å²) in [5.41, 5.74) is 5.47. The van der Waals surface area contributed by atoms with Crippen molar-refractivity contribution in [2.24, 2.45) is 10.1 Å². The normalized spacial score (nSPS) is 13.3. The monoisotopic (exact) mass is 418 g/mol. The first kappa shape index (κ1) is 20.3. The highest BCUT2D eigenvalue weighted by molar-refractivity contribution is 7.90. The van der Waals surface area contributed by atoms with Crippen molar-refractivity contribution < 1.29 is 22.0 Å². The molecule has 1 unspecified atom stereocenters. The number of nitrogens with two attached hydrogens (primary N) is 1. The fraction of sp³-hybridized carbons (Fsp3) is 0.105. The van der Waals surface area contributed by atoms with Crippen LogP contribution in [0.3, 0.4) is 0 Å². The first-order valence-corrected chi connectivity index (χ1v) is 9.78. The molecule has 0 saturated carbocycles. The van der Waals surface area contributed by atoms with Crippen molar-refractivity contribution in [3.05, 3.63) is 89.3 Å². The summed E-state index contributed by atoms with van der Waals surface area (Å²) < 4.78 is 57.9. The molecule has 1 amide bonds. The molecule has 0 radical (unpaired) electrons. The van der Waals surface area contributed by atoms with Crippen molar-refractivity contribution in [3.63, 3.8) is 0 Å². The van der Waals surface area contributed by atoms with Crippen molar-refractivity contribution in [2.45, 2.75) is 17.9 Å². The van der Waals surface area contributed by atoms with E-state index in [1.807, 2.05) is 0 Å². The van der Waals surface area contributed by atoms with Crippen LogP contribution in [-0.4, -0.2) is 23.9 Å². The quantitative estimate of drug-likeness (QED) is 0.682. The van der Waals surface area contributed by atoms with Gasteiger partial charge in [0.1, 0.15) is 17.7 Å². The molecule has 1 aromatic heterocycles. The standard InChI is InChI=1S/C19H16F2N4O3S/c1-12-3-6-14(7-4-12)29(27,28)24-19-23-9-2-10-25(19)17(18(22)26)15-11-13(20)5-8-16(15)21/h2-11,17H,1H3,(H2,22,26)/b24-19+. The lowest BCUT2D eigenvalue weighted by Gasteiger charge is -2.18. The SMILES string of the molecule is Cc1ccc(S(=O)(=O)/N=c2\ncccn2C(C(N)=O)c2cc(F)ccc2F)cc1. The number of halogens is 2. The van der Waals surface area contributed by atoms with Gasteiger partial charge in [-0.3, -0.25) is 9.36 Å².